The van der Waals surface area contributed by atoms with Crippen LogP contribution in [0.3, 0.4) is 0 Å². The summed E-state index contributed by atoms with van der Waals surface area (Å²) in [6.45, 7) is 4.46. The lowest BCUT2D eigenvalue weighted by molar-refractivity contribution is 0.267. The quantitative estimate of drug-likeness (QED) is 0.850. The highest BCUT2D eigenvalue weighted by atomic mass is 35.5. The van der Waals surface area contributed by atoms with E-state index in [9.17, 15) is 0 Å². The van der Waals surface area contributed by atoms with Gasteiger partial charge in [0.1, 0.15) is 0 Å². The Morgan fingerprint density at radius 1 is 1.50 bits per heavy atom. The Balaban J connectivity index is 1.88. The van der Waals surface area contributed by atoms with Crippen LogP contribution >= 0.6 is 11.6 Å². The lowest BCUT2D eigenvalue weighted by Gasteiger charge is -2.21. The summed E-state index contributed by atoms with van der Waals surface area (Å²) in [7, 11) is 4.35. The molecule has 0 amide bonds. The fourth-order valence-electron chi connectivity index (χ4n) is 2.68. The minimum atomic E-state index is 0.705. The van der Waals surface area contributed by atoms with Gasteiger partial charge in [-0.05, 0) is 50.7 Å². The molecule has 0 radical (unpaired) electrons. The van der Waals surface area contributed by atoms with Crippen molar-refractivity contribution in [3.63, 3.8) is 0 Å². The molecule has 1 fully saturated rings. The van der Waals surface area contributed by atoms with E-state index >= 15 is 0 Å². The molecule has 1 saturated heterocycles. The fraction of sp³-hybridized carbons (Fsp3) is 0.571. The Hall–Kier alpha value is -0.770. The van der Waals surface area contributed by atoms with Crippen molar-refractivity contribution in [1.29, 1.82) is 0 Å². The zero-order valence-electron chi connectivity index (χ0n) is 11.2. The van der Waals surface area contributed by atoms with E-state index in [2.05, 4.69) is 23.9 Å². The lowest BCUT2D eigenvalue weighted by Crippen LogP contribution is -2.27. The maximum Gasteiger partial charge on any atom is 0.0426 e. The van der Waals surface area contributed by atoms with Crippen molar-refractivity contribution in [2.45, 2.75) is 13.0 Å². The van der Waals surface area contributed by atoms with E-state index in [1.807, 2.05) is 18.2 Å². The molecular weight excluding hydrogens is 246 g/mol. The van der Waals surface area contributed by atoms with Crippen molar-refractivity contribution in [3.05, 3.63) is 28.8 Å². The number of halogens is 1. The average molecular weight is 268 g/mol. The van der Waals surface area contributed by atoms with Crippen LogP contribution in [0.4, 0.5) is 5.69 Å². The molecule has 2 rings (SSSR count). The Morgan fingerprint density at radius 2 is 2.28 bits per heavy atom. The zero-order valence-corrected chi connectivity index (χ0v) is 12.0. The van der Waals surface area contributed by atoms with Gasteiger partial charge in [-0.25, -0.2) is 0 Å². The molecule has 100 valence electrons. The number of benzene rings is 1. The van der Waals surface area contributed by atoms with Gasteiger partial charge in [-0.1, -0.05) is 17.7 Å². The Kier molecular flexibility index (Phi) is 4.49. The first-order valence-electron chi connectivity index (χ1n) is 6.45. The third-order valence-corrected chi connectivity index (χ3v) is 3.84. The molecule has 1 unspecified atom stereocenters. The summed E-state index contributed by atoms with van der Waals surface area (Å²) in [6.07, 6.45) is 1.30. The Morgan fingerprint density at radius 3 is 2.89 bits per heavy atom. The third kappa shape index (κ3) is 3.61. The molecule has 0 bridgehead atoms. The van der Waals surface area contributed by atoms with E-state index in [4.69, 9.17) is 17.3 Å². The average Bonchev–Trinajstić information content (AvgIpc) is 2.68. The van der Waals surface area contributed by atoms with Crippen LogP contribution in [0, 0.1) is 5.92 Å². The molecule has 18 heavy (non-hydrogen) atoms. The number of likely N-dealkylation sites (tertiary alicyclic amines) is 1. The first-order valence-corrected chi connectivity index (χ1v) is 6.83. The monoisotopic (exact) mass is 267 g/mol. The summed E-state index contributed by atoms with van der Waals surface area (Å²) in [6, 6.07) is 5.76. The molecule has 0 saturated carbocycles. The highest BCUT2D eigenvalue weighted by Crippen LogP contribution is 2.21. The molecular formula is C14H22ClN3. The predicted molar refractivity (Wildman–Crippen MR) is 77.8 cm³/mol. The minimum absolute atomic E-state index is 0.705. The van der Waals surface area contributed by atoms with Crippen LogP contribution in [0.2, 0.25) is 5.02 Å². The van der Waals surface area contributed by atoms with Crippen LogP contribution in [-0.4, -0.2) is 43.5 Å². The van der Waals surface area contributed by atoms with Gasteiger partial charge in [0, 0.05) is 30.3 Å². The second-order valence-corrected chi connectivity index (χ2v) is 5.89. The lowest BCUT2D eigenvalue weighted by atomic mass is 10.1. The SMILES string of the molecule is CN1CCC(CN(C)Cc2ccc(Cl)cc2N)C1. The van der Waals surface area contributed by atoms with Crippen LogP contribution in [0.5, 0.6) is 0 Å². The van der Waals surface area contributed by atoms with Crippen LogP contribution in [0.25, 0.3) is 0 Å². The van der Waals surface area contributed by atoms with E-state index < -0.39 is 0 Å². The molecule has 4 heteroatoms. The number of hydrogen-bond donors (Lipinski definition) is 1. The summed E-state index contributed by atoms with van der Waals surface area (Å²) < 4.78 is 0. The number of anilines is 1. The van der Waals surface area contributed by atoms with Crippen molar-refractivity contribution < 1.29 is 0 Å². The van der Waals surface area contributed by atoms with Gasteiger partial charge in [-0.15, -0.1) is 0 Å². The van der Waals surface area contributed by atoms with Gasteiger partial charge in [-0.3, -0.25) is 0 Å². The van der Waals surface area contributed by atoms with Crippen molar-refractivity contribution in [3.8, 4) is 0 Å². The molecule has 1 atom stereocenters. The summed E-state index contributed by atoms with van der Waals surface area (Å²) in [4.78, 5) is 4.75. The maximum absolute atomic E-state index is 5.98. The van der Waals surface area contributed by atoms with Gasteiger partial charge in [0.15, 0.2) is 0 Å². The maximum atomic E-state index is 5.98. The first kappa shape index (κ1) is 13.7. The van der Waals surface area contributed by atoms with Crippen LogP contribution < -0.4 is 5.73 Å². The van der Waals surface area contributed by atoms with Gasteiger partial charge >= 0.3 is 0 Å². The third-order valence-electron chi connectivity index (χ3n) is 3.61. The van der Waals surface area contributed by atoms with Gasteiger partial charge in [0.05, 0.1) is 0 Å². The van der Waals surface area contributed by atoms with E-state index in [1.165, 1.54) is 19.5 Å². The number of nitrogens with zero attached hydrogens (tertiary/aromatic N) is 2. The molecule has 1 heterocycles. The van der Waals surface area contributed by atoms with Gasteiger partial charge < -0.3 is 15.5 Å². The molecule has 0 spiro atoms. The number of nitrogen functional groups attached to an aromatic ring is 1. The molecule has 1 aliphatic rings. The summed E-state index contributed by atoms with van der Waals surface area (Å²) in [5.74, 6) is 0.786. The number of hydrogen-bond acceptors (Lipinski definition) is 3. The summed E-state index contributed by atoms with van der Waals surface area (Å²) >= 11 is 5.91. The normalized spacial score (nSPS) is 20.8. The minimum Gasteiger partial charge on any atom is -0.398 e. The highest BCUT2D eigenvalue weighted by Gasteiger charge is 2.20. The second kappa shape index (κ2) is 5.91. The van der Waals surface area contributed by atoms with Crippen molar-refractivity contribution in [1.82, 2.24) is 9.80 Å². The molecule has 0 aliphatic carbocycles. The second-order valence-electron chi connectivity index (χ2n) is 5.46. The molecule has 2 N–H and O–H groups in total. The predicted octanol–water partition coefficient (Wildman–Crippen LogP) is 2.31. The topological polar surface area (TPSA) is 32.5 Å². The van der Waals surface area contributed by atoms with Gasteiger partial charge in [-0.2, -0.15) is 0 Å². The Labute approximate surface area is 115 Å². The molecule has 3 nitrogen and oxygen atoms in total. The smallest absolute Gasteiger partial charge is 0.0426 e. The standard InChI is InChI=1S/C14H22ClN3/c1-17-6-5-11(8-17)9-18(2)10-12-3-4-13(15)7-14(12)16/h3-4,7,11H,5-6,8-10,16H2,1-2H3. The van der Waals surface area contributed by atoms with Crippen LogP contribution in [-0.2, 0) is 6.54 Å². The van der Waals surface area contributed by atoms with E-state index in [0.29, 0.717) is 5.02 Å². The van der Waals surface area contributed by atoms with E-state index in [-0.39, 0.29) is 0 Å². The van der Waals surface area contributed by atoms with Crippen LogP contribution in [0.15, 0.2) is 18.2 Å². The van der Waals surface area contributed by atoms with Gasteiger partial charge in [0.25, 0.3) is 0 Å². The highest BCUT2D eigenvalue weighted by molar-refractivity contribution is 6.30. The first-order chi connectivity index (χ1) is 8.54. The van der Waals surface area contributed by atoms with Crippen LogP contribution in [0.1, 0.15) is 12.0 Å². The molecule has 1 aromatic carbocycles. The van der Waals surface area contributed by atoms with E-state index in [0.717, 1.165) is 30.3 Å². The summed E-state index contributed by atoms with van der Waals surface area (Å²) in [5.41, 5.74) is 7.93. The summed E-state index contributed by atoms with van der Waals surface area (Å²) in [5, 5.41) is 0.705. The molecule has 1 aliphatic heterocycles. The van der Waals surface area contributed by atoms with Crippen molar-refractivity contribution in [2.75, 3.05) is 39.5 Å². The number of nitrogens with two attached hydrogens (primary N) is 1. The van der Waals surface area contributed by atoms with Crippen molar-refractivity contribution >= 4 is 17.3 Å². The molecule has 1 aromatic rings. The largest absolute Gasteiger partial charge is 0.398 e. The zero-order chi connectivity index (χ0) is 13.1. The molecule has 0 aromatic heterocycles. The number of rotatable bonds is 4. The van der Waals surface area contributed by atoms with E-state index in [1.54, 1.807) is 0 Å². The van der Waals surface area contributed by atoms with Crippen molar-refractivity contribution in [2.24, 2.45) is 5.92 Å². The fourth-order valence-corrected chi connectivity index (χ4v) is 2.86. The Bertz CT molecular complexity index is 408. The van der Waals surface area contributed by atoms with Gasteiger partial charge in [0.2, 0.25) is 0 Å².